The molecule has 1 unspecified atom stereocenters. The summed E-state index contributed by atoms with van der Waals surface area (Å²) < 4.78 is 80.4. The molecular formula is C23H20ClF4NO4S. The maximum Gasteiger partial charge on any atom is 0.573 e. The summed E-state index contributed by atoms with van der Waals surface area (Å²) in [7, 11) is -3.35. The van der Waals surface area contributed by atoms with Gasteiger partial charge in [0.15, 0.2) is 9.84 Å². The first kappa shape index (κ1) is 25.8. The van der Waals surface area contributed by atoms with Gasteiger partial charge in [-0.25, -0.2) is 12.8 Å². The summed E-state index contributed by atoms with van der Waals surface area (Å²) in [6.45, 7) is 1.73. The highest BCUT2D eigenvalue weighted by Crippen LogP contribution is 2.39. The molecule has 1 N–H and O–H groups in total. The van der Waals surface area contributed by atoms with Crippen LogP contribution in [0, 0.1) is 11.7 Å². The van der Waals surface area contributed by atoms with Gasteiger partial charge in [0.25, 0.3) is 0 Å². The average molecular weight is 518 g/mol. The average Bonchev–Trinajstić information content (AvgIpc) is 2.69. The van der Waals surface area contributed by atoms with Crippen molar-refractivity contribution in [1.29, 1.82) is 0 Å². The third kappa shape index (κ3) is 6.38. The number of carbonyl (C=O) groups is 1. The van der Waals surface area contributed by atoms with E-state index in [4.69, 9.17) is 11.6 Å². The minimum atomic E-state index is -4.95. The summed E-state index contributed by atoms with van der Waals surface area (Å²) in [6.07, 6.45) is -0.565. The lowest BCUT2D eigenvalue weighted by atomic mass is 9.93. The first-order valence-electron chi connectivity index (χ1n) is 9.98. The number of para-hydroxylation sites is 1. The Labute approximate surface area is 199 Å². The molecular weight excluding hydrogens is 498 g/mol. The van der Waals surface area contributed by atoms with E-state index in [1.165, 1.54) is 24.3 Å². The minimum Gasteiger partial charge on any atom is -0.405 e. The molecule has 1 aliphatic rings. The van der Waals surface area contributed by atoms with Gasteiger partial charge in [0.1, 0.15) is 11.6 Å². The number of hydrogen-bond acceptors (Lipinski definition) is 4. The van der Waals surface area contributed by atoms with E-state index in [0.29, 0.717) is 12.0 Å². The van der Waals surface area contributed by atoms with Crippen LogP contribution in [0.1, 0.15) is 19.8 Å². The van der Waals surface area contributed by atoms with Crippen LogP contribution >= 0.6 is 11.6 Å². The van der Waals surface area contributed by atoms with E-state index in [1.807, 2.05) is 0 Å². The SMILES string of the molecule is CC1CC(CC(=O)Nc2cc(Cl)c(-c3ccccc3OC(F)(F)F)cc2F)=CC=C1S(C)(=O)=O. The highest BCUT2D eigenvalue weighted by Gasteiger charge is 2.32. The van der Waals surface area contributed by atoms with Crippen molar-refractivity contribution in [2.75, 3.05) is 11.6 Å². The van der Waals surface area contributed by atoms with Crippen LogP contribution in [0.25, 0.3) is 11.1 Å². The number of hydrogen-bond donors (Lipinski definition) is 1. The molecule has 1 atom stereocenters. The molecule has 0 saturated carbocycles. The van der Waals surface area contributed by atoms with Gasteiger partial charge in [-0.3, -0.25) is 4.79 Å². The Kier molecular flexibility index (Phi) is 7.42. The molecule has 1 amide bonds. The maximum atomic E-state index is 14.7. The van der Waals surface area contributed by atoms with Gasteiger partial charge >= 0.3 is 6.36 Å². The molecule has 5 nitrogen and oxygen atoms in total. The quantitative estimate of drug-likeness (QED) is 0.458. The summed E-state index contributed by atoms with van der Waals surface area (Å²) in [4.78, 5) is 12.7. The van der Waals surface area contributed by atoms with Crippen LogP contribution < -0.4 is 10.1 Å². The standard InChI is InChI=1S/C23H20ClF4NO4S/c1-13-9-14(7-8-21(13)34(2,31)32)10-22(30)29-19-12-17(24)16(11-18(19)25)15-5-3-4-6-20(15)33-23(26,27)28/h3-8,11-13H,9-10H2,1-2H3,(H,29,30). The van der Waals surface area contributed by atoms with Gasteiger partial charge in [0, 0.05) is 28.7 Å². The van der Waals surface area contributed by atoms with Crippen molar-refractivity contribution in [3.63, 3.8) is 0 Å². The zero-order valence-corrected chi connectivity index (χ0v) is 19.6. The van der Waals surface area contributed by atoms with Crippen LogP contribution in [-0.4, -0.2) is 26.9 Å². The molecule has 1 aliphatic carbocycles. The number of carbonyl (C=O) groups excluding carboxylic acids is 1. The van der Waals surface area contributed by atoms with Crippen LogP contribution in [0.3, 0.4) is 0 Å². The molecule has 2 aromatic rings. The summed E-state index contributed by atoms with van der Waals surface area (Å²) in [5.41, 5.74) is 0.305. The summed E-state index contributed by atoms with van der Waals surface area (Å²) in [6, 6.07) is 7.18. The van der Waals surface area contributed by atoms with Crippen LogP contribution in [0.5, 0.6) is 5.75 Å². The monoisotopic (exact) mass is 517 g/mol. The molecule has 2 aromatic carbocycles. The summed E-state index contributed by atoms with van der Waals surface area (Å²) in [5.74, 6) is -2.31. The number of nitrogens with one attached hydrogen (secondary N) is 1. The van der Waals surface area contributed by atoms with Crippen molar-refractivity contribution >= 4 is 33.0 Å². The topological polar surface area (TPSA) is 72.5 Å². The number of halogens is 5. The lowest BCUT2D eigenvalue weighted by Gasteiger charge is -2.20. The van der Waals surface area contributed by atoms with Gasteiger partial charge in [-0.15, -0.1) is 13.2 Å². The van der Waals surface area contributed by atoms with E-state index in [9.17, 15) is 30.8 Å². The fourth-order valence-electron chi connectivity index (χ4n) is 3.70. The number of allylic oxidation sites excluding steroid dienone is 3. The van der Waals surface area contributed by atoms with Crippen LogP contribution in [-0.2, 0) is 14.6 Å². The summed E-state index contributed by atoms with van der Waals surface area (Å²) in [5, 5.41) is 2.30. The Hall–Kier alpha value is -2.85. The second-order valence-corrected chi connectivity index (χ2v) is 10.3. The molecule has 0 aromatic heterocycles. The van der Waals surface area contributed by atoms with Gasteiger partial charge in [0.2, 0.25) is 5.91 Å². The third-order valence-electron chi connectivity index (χ3n) is 5.09. The van der Waals surface area contributed by atoms with Crippen LogP contribution in [0.2, 0.25) is 5.02 Å². The second kappa shape index (κ2) is 9.79. The predicted molar refractivity (Wildman–Crippen MR) is 122 cm³/mol. The van der Waals surface area contributed by atoms with Crippen molar-refractivity contribution in [3.05, 3.63) is 69.9 Å². The molecule has 0 spiro atoms. The van der Waals surface area contributed by atoms with Gasteiger partial charge in [-0.2, -0.15) is 0 Å². The van der Waals surface area contributed by atoms with Crippen LogP contribution in [0.15, 0.2) is 59.0 Å². The molecule has 0 heterocycles. The molecule has 0 fully saturated rings. The van der Waals surface area contributed by atoms with E-state index in [-0.39, 0.29) is 39.1 Å². The molecule has 3 rings (SSSR count). The lowest BCUT2D eigenvalue weighted by Crippen LogP contribution is -2.18. The van der Waals surface area contributed by atoms with E-state index in [0.717, 1.165) is 24.5 Å². The molecule has 0 radical (unpaired) electrons. The first-order valence-corrected chi connectivity index (χ1v) is 12.3. The van der Waals surface area contributed by atoms with Gasteiger partial charge in [-0.1, -0.05) is 48.4 Å². The predicted octanol–water partition coefficient (Wildman–Crippen LogP) is 6.27. The Morgan fingerprint density at radius 1 is 1.18 bits per heavy atom. The van der Waals surface area contributed by atoms with Gasteiger partial charge in [-0.05, 0) is 36.6 Å². The molecule has 0 bridgehead atoms. The normalized spacial score (nSPS) is 16.5. The van der Waals surface area contributed by atoms with Gasteiger partial charge in [0.05, 0.1) is 10.7 Å². The zero-order chi connectivity index (χ0) is 25.3. The third-order valence-corrected chi connectivity index (χ3v) is 6.79. The summed E-state index contributed by atoms with van der Waals surface area (Å²) >= 11 is 6.20. The number of rotatable bonds is 6. The van der Waals surface area contributed by atoms with Crippen molar-refractivity contribution in [1.82, 2.24) is 0 Å². The minimum absolute atomic E-state index is 0.0423. The molecule has 11 heteroatoms. The van der Waals surface area contributed by atoms with Crippen molar-refractivity contribution in [2.24, 2.45) is 5.92 Å². The highest BCUT2D eigenvalue weighted by molar-refractivity contribution is 7.94. The highest BCUT2D eigenvalue weighted by atomic mass is 35.5. The van der Waals surface area contributed by atoms with E-state index in [1.54, 1.807) is 13.0 Å². The second-order valence-electron chi connectivity index (χ2n) is 7.85. The Morgan fingerprint density at radius 2 is 1.85 bits per heavy atom. The Bertz CT molecular complexity index is 1290. The van der Waals surface area contributed by atoms with Crippen molar-refractivity contribution < 1.29 is 35.5 Å². The molecule has 182 valence electrons. The van der Waals surface area contributed by atoms with Gasteiger partial charge < -0.3 is 10.1 Å². The number of amides is 1. The largest absolute Gasteiger partial charge is 0.573 e. The number of anilines is 1. The fraction of sp³-hybridized carbons (Fsp3) is 0.261. The molecule has 0 saturated heterocycles. The molecule has 34 heavy (non-hydrogen) atoms. The van der Waals surface area contributed by atoms with E-state index >= 15 is 0 Å². The van der Waals surface area contributed by atoms with Crippen molar-refractivity contribution in [3.8, 4) is 16.9 Å². The smallest absolute Gasteiger partial charge is 0.405 e. The fourth-order valence-corrected chi connectivity index (χ4v) is 5.09. The zero-order valence-electron chi connectivity index (χ0n) is 18.0. The number of alkyl halides is 3. The number of sulfone groups is 1. The number of benzene rings is 2. The maximum absolute atomic E-state index is 14.7. The van der Waals surface area contributed by atoms with Crippen molar-refractivity contribution in [2.45, 2.75) is 26.1 Å². The van der Waals surface area contributed by atoms with E-state index < -0.39 is 33.7 Å². The number of ether oxygens (including phenoxy) is 1. The van der Waals surface area contributed by atoms with E-state index in [2.05, 4.69) is 10.1 Å². The Balaban J connectivity index is 1.80. The first-order chi connectivity index (χ1) is 15.7. The van der Waals surface area contributed by atoms with Crippen LogP contribution in [0.4, 0.5) is 23.2 Å². The molecule has 0 aliphatic heterocycles. The lowest BCUT2D eigenvalue weighted by molar-refractivity contribution is -0.274. The Morgan fingerprint density at radius 3 is 2.47 bits per heavy atom.